The van der Waals surface area contributed by atoms with Crippen LogP contribution in [0.1, 0.15) is 40.0 Å². The Kier molecular flexibility index (Phi) is 5.33. The molecule has 3 N–H and O–H groups in total. The van der Waals surface area contributed by atoms with Gasteiger partial charge in [-0.3, -0.25) is 0 Å². The van der Waals surface area contributed by atoms with Crippen molar-refractivity contribution in [3.63, 3.8) is 0 Å². The molecule has 0 saturated carbocycles. The predicted octanol–water partition coefficient (Wildman–Crippen LogP) is 3.99. The maximum Gasteiger partial charge on any atom is 0.263 e. The van der Waals surface area contributed by atoms with Crippen LogP contribution in [0.5, 0.6) is 0 Å². The van der Waals surface area contributed by atoms with Crippen molar-refractivity contribution in [2.75, 3.05) is 0 Å². The Morgan fingerprint density at radius 1 is 1.42 bits per heavy atom. The lowest BCUT2D eigenvalue weighted by atomic mass is 9.98. The fraction of sp³-hybridized carbons (Fsp3) is 0.467. The minimum atomic E-state index is -2.49. The zero-order valence-electron chi connectivity index (χ0n) is 11.8. The monoisotopic (exact) mass is 268 g/mol. The van der Waals surface area contributed by atoms with Gasteiger partial charge in [0.1, 0.15) is 0 Å². The van der Waals surface area contributed by atoms with Crippen molar-refractivity contribution < 1.29 is 8.78 Å². The van der Waals surface area contributed by atoms with Gasteiger partial charge in [-0.15, -0.1) is 0 Å². The van der Waals surface area contributed by atoms with Gasteiger partial charge in [0.2, 0.25) is 0 Å². The standard InChI is InChI=1S/C15H22F2N2/c1-5-12(15(16)17)10(3)14(19-11(4)18)13-8-6-7-9(13)2/h5,15,19H,4,6-8,18H2,1-3H3/b12-5-,14-10+. The zero-order valence-corrected chi connectivity index (χ0v) is 11.8. The first-order chi connectivity index (χ1) is 8.88. The quantitative estimate of drug-likeness (QED) is 0.740. The fourth-order valence-electron chi connectivity index (χ4n) is 2.44. The van der Waals surface area contributed by atoms with E-state index in [1.165, 1.54) is 11.6 Å². The van der Waals surface area contributed by atoms with E-state index in [4.69, 9.17) is 5.73 Å². The summed E-state index contributed by atoms with van der Waals surface area (Å²) in [6.07, 6.45) is 1.90. The number of allylic oxidation sites excluding steroid dienone is 5. The second kappa shape index (κ2) is 6.55. The number of alkyl halides is 2. The van der Waals surface area contributed by atoms with Crippen LogP contribution in [-0.4, -0.2) is 6.43 Å². The van der Waals surface area contributed by atoms with E-state index in [1.807, 2.05) is 6.92 Å². The molecule has 0 aromatic heterocycles. The third-order valence-electron chi connectivity index (χ3n) is 3.44. The molecule has 19 heavy (non-hydrogen) atoms. The Balaban J connectivity index is 3.30. The Morgan fingerprint density at radius 2 is 2.05 bits per heavy atom. The summed E-state index contributed by atoms with van der Waals surface area (Å²) in [5.74, 6) is 0.270. The molecule has 0 saturated heterocycles. The van der Waals surface area contributed by atoms with Crippen LogP contribution in [0.2, 0.25) is 0 Å². The van der Waals surface area contributed by atoms with E-state index in [9.17, 15) is 8.78 Å². The third-order valence-corrected chi connectivity index (χ3v) is 3.44. The van der Waals surface area contributed by atoms with Crippen LogP contribution in [0.25, 0.3) is 0 Å². The molecule has 1 aliphatic rings. The van der Waals surface area contributed by atoms with Gasteiger partial charge in [-0.2, -0.15) is 0 Å². The molecule has 0 bridgehead atoms. The first-order valence-corrected chi connectivity index (χ1v) is 6.44. The number of halogens is 2. The summed E-state index contributed by atoms with van der Waals surface area (Å²) in [5.41, 5.74) is 9.18. The molecule has 0 heterocycles. The Labute approximate surface area is 113 Å². The number of nitrogens with two attached hydrogens (primary N) is 1. The lowest BCUT2D eigenvalue weighted by Crippen LogP contribution is -2.22. The van der Waals surface area contributed by atoms with E-state index >= 15 is 0 Å². The molecule has 0 aromatic rings. The lowest BCUT2D eigenvalue weighted by Gasteiger charge is -2.18. The molecule has 1 rings (SSSR count). The fourth-order valence-corrected chi connectivity index (χ4v) is 2.44. The summed E-state index contributed by atoms with van der Waals surface area (Å²) in [5, 5.41) is 2.95. The average Bonchev–Trinajstić information content (AvgIpc) is 2.72. The van der Waals surface area contributed by atoms with Crippen molar-refractivity contribution in [2.45, 2.75) is 46.5 Å². The maximum atomic E-state index is 13.0. The first kappa shape index (κ1) is 15.5. The molecule has 2 nitrogen and oxygen atoms in total. The summed E-state index contributed by atoms with van der Waals surface area (Å²) < 4.78 is 26.1. The summed E-state index contributed by atoms with van der Waals surface area (Å²) in [6.45, 7) is 8.96. The van der Waals surface area contributed by atoms with Crippen LogP contribution in [0, 0.1) is 0 Å². The maximum absolute atomic E-state index is 13.0. The van der Waals surface area contributed by atoms with Crippen LogP contribution in [0.3, 0.4) is 0 Å². The average molecular weight is 268 g/mol. The number of hydrogen-bond donors (Lipinski definition) is 2. The molecular weight excluding hydrogens is 246 g/mol. The highest BCUT2D eigenvalue weighted by Crippen LogP contribution is 2.33. The predicted molar refractivity (Wildman–Crippen MR) is 75.5 cm³/mol. The Bertz CT molecular complexity index is 457. The van der Waals surface area contributed by atoms with Crippen LogP contribution in [0.15, 0.2) is 46.5 Å². The minimum absolute atomic E-state index is 0.0379. The second-order valence-corrected chi connectivity index (χ2v) is 4.81. The van der Waals surface area contributed by atoms with Gasteiger partial charge in [-0.25, -0.2) is 8.78 Å². The van der Waals surface area contributed by atoms with Gasteiger partial charge < -0.3 is 11.1 Å². The van der Waals surface area contributed by atoms with E-state index in [0.717, 1.165) is 24.8 Å². The smallest absolute Gasteiger partial charge is 0.263 e. The van der Waals surface area contributed by atoms with E-state index in [2.05, 4.69) is 11.9 Å². The zero-order chi connectivity index (χ0) is 14.6. The molecule has 1 aliphatic carbocycles. The van der Waals surface area contributed by atoms with Crippen molar-refractivity contribution in [1.82, 2.24) is 5.32 Å². The number of nitrogens with one attached hydrogen (secondary N) is 1. The van der Waals surface area contributed by atoms with E-state index < -0.39 is 6.43 Å². The van der Waals surface area contributed by atoms with Gasteiger partial charge >= 0.3 is 0 Å². The van der Waals surface area contributed by atoms with E-state index in [1.54, 1.807) is 13.8 Å². The number of hydrogen-bond acceptors (Lipinski definition) is 2. The van der Waals surface area contributed by atoms with Gasteiger partial charge in [0, 0.05) is 11.3 Å². The topological polar surface area (TPSA) is 38.0 Å². The molecule has 0 spiro atoms. The summed E-state index contributed by atoms with van der Waals surface area (Å²) >= 11 is 0. The Morgan fingerprint density at radius 3 is 2.42 bits per heavy atom. The summed E-state index contributed by atoms with van der Waals surface area (Å²) in [4.78, 5) is 0. The summed E-state index contributed by atoms with van der Waals surface area (Å²) in [6, 6.07) is 0. The largest absolute Gasteiger partial charge is 0.386 e. The molecule has 0 atom stereocenters. The normalized spacial score (nSPS) is 17.9. The molecule has 4 heteroatoms. The van der Waals surface area contributed by atoms with Crippen LogP contribution < -0.4 is 11.1 Å². The van der Waals surface area contributed by atoms with Gasteiger partial charge in [-0.05, 0) is 51.2 Å². The van der Waals surface area contributed by atoms with Crippen molar-refractivity contribution in [1.29, 1.82) is 0 Å². The van der Waals surface area contributed by atoms with E-state index in [-0.39, 0.29) is 11.4 Å². The minimum Gasteiger partial charge on any atom is -0.386 e. The lowest BCUT2D eigenvalue weighted by molar-refractivity contribution is 0.192. The van der Waals surface area contributed by atoms with Crippen molar-refractivity contribution in [3.05, 3.63) is 46.5 Å². The highest BCUT2D eigenvalue weighted by atomic mass is 19.3. The molecule has 0 fully saturated rings. The second-order valence-electron chi connectivity index (χ2n) is 4.81. The molecule has 0 radical (unpaired) electrons. The molecule has 106 valence electrons. The van der Waals surface area contributed by atoms with Gasteiger partial charge in [-0.1, -0.05) is 18.2 Å². The number of rotatable bonds is 5. The van der Waals surface area contributed by atoms with Crippen LogP contribution in [0.4, 0.5) is 8.78 Å². The van der Waals surface area contributed by atoms with Crippen molar-refractivity contribution in [2.24, 2.45) is 5.73 Å². The summed E-state index contributed by atoms with van der Waals surface area (Å²) in [7, 11) is 0. The van der Waals surface area contributed by atoms with Crippen LogP contribution in [-0.2, 0) is 0 Å². The van der Waals surface area contributed by atoms with Crippen LogP contribution >= 0.6 is 0 Å². The third kappa shape index (κ3) is 3.69. The van der Waals surface area contributed by atoms with E-state index in [0.29, 0.717) is 11.3 Å². The SMILES string of the molecule is C=C(N)N/C(C1=C(C)CCC1)=C(C)/C(=C/C)C(F)F. The molecule has 0 aromatic carbocycles. The van der Waals surface area contributed by atoms with Crippen molar-refractivity contribution >= 4 is 0 Å². The first-order valence-electron chi connectivity index (χ1n) is 6.44. The van der Waals surface area contributed by atoms with Crippen molar-refractivity contribution in [3.8, 4) is 0 Å². The highest BCUT2D eigenvalue weighted by molar-refractivity contribution is 5.47. The molecule has 0 amide bonds. The van der Waals surface area contributed by atoms with Gasteiger partial charge in [0.05, 0.1) is 5.82 Å². The van der Waals surface area contributed by atoms with Gasteiger partial charge in [0.15, 0.2) is 0 Å². The molecular formula is C15H22F2N2. The Hall–Kier alpha value is -1.58. The molecule has 0 aliphatic heterocycles. The highest BCUT2D eigenvalue weighted by Gasteiger charge is 2.21. The molecule has 0 unspecified atom stereocenters. The van der Waals surface area contributed by atoms with Gasteiger partial charge in [0.25, 0.3) is 6.43 Å².